The molecule has 0 aliphatic heterocycles. The van der Waals surface area contributed by atoms with Gasteiger partial charge in [0, 0.05) is 0 Å². The van der Waals surface area contributed by atoms with Crippen LogP contribution in [-0.2, 0) is 6.42 Å². The van der Waals surface area contributed by atoms with E-state index in [2.05, 4.69) is 15.4 Å². The molecule has 0 radical (unpaired) electrons. The zero-order valence-corrected chi connectivity index (χ0v) is 5.38. The number of nitriles is 1. The first-order chi connectivity index (χ1) is 5.24. The summed E-state index contributed by atoms with van der Waals surface area (Å²) in [5.74, 6) is 0. The highest BCUT2D eigenvalue weighted by Gasteiger charge is 2.12. The number of aromatic nitrogens is 3. The maximum Gasteiger partial charge on any atom is 0.244 e. The van der Waals surface area contributed by atoms with Gasteiger partial charge in [0.05, 0.1) is 6.42 Å². The molecule has 0 amide bonds. The lowest BCUT2D eigenvalue weighted by Crippen LogP contribution is -1.99. The average molecular weight is 158 g/mol. The SMILES string of the molecule is N#Cc1n[nH]nc1CC(F)F. The quantitative estimate of drug-likeness (QED) is 0.680. The van der Waals surface area contributed by atoms with Crippen LogP contribution in [0.3, 0.4) is 0 Å². The number of rotatable bonds is 2. The molecule has 1 rings (SSSR count). The number of hydrogen-bond donors (Lipinski definition) is 1. The van der Waals surface area contributed by atoms with E-state index < -0.39 is 12.8 Å². The van der Waals surface area contributed by atoms with E-state index in [9.17, 15) is 8.78 Å². The van der Waals surface area contributed by atoms with Gasteiger partial charge in [-0.1, -0.05) is 0 Å². The van der Waals surface area contributed by atoms with Gasteiger partial charge in [-0.2, -0.15) is 15.6 Å². The molecule has 0 saturated heterocycles. The largest absolute Gasteiger partial charge is 0.244 e. The Bertz CT molecular complexity index is 274. The van der Waals surface area contributed by atoms with Crippen molar-refractivity contribution in [3.8, 4) is 6.07 Å². The zero-order chi connectivity index (χ0) is 8.27. The Hall–Kier alpha value is -1.51. The smallest absolute Gasteiger partial charge is 0.210 e. The molecule has 1 heterocycles. The first-order valence-corrected chi connectivity index (χ1v) is 2.82. The third kappa shape index (κ3) is 1.70. The van der Waals surface area contributed by atoms with Gasteiger partial charge in [-0.3, -0.25) is 0 Å². The third-order valence-corrected chi connectivity index (χ3v) is 1.07. The van der Waals surface area contributed by atoms with E-state index in [1.165, 1.54) is 0 Å². The normalized spacial score (nSPS) is 10.0. The van der Waals surface area contributed by atoms with Crippen LogP contribution in [-0.4, -0.2) is 21.8 Å². The van der Waals surface area contributed by atoms with Crippen LogP contribution in [0.2, 0.25) is 0 Å². The summed E-state index contributed by atoms with van der Waals surface area (Å²) in [4.78, 5) is 0. The fraction of sp³-hybridized carbons (Fsp3) is 0.400. The summed E-state index contributed by atoms with van der Waals surface area (Å²) in [7, 11) is 0. The van der Waals surface area contributed by atoms with Crippen LogP contribution < -0.4 is 0 Å². The lowest BCUT2D eigenvalue weighted by atomic mass is 10.3. The number of aromatic amines is 1. The zero-order valence-electron chi connectivity index (χ0n) is 5.38. The average Bonchev–Trinajstić information content (AvgIpc) is 2.34. The summed E-state index contributed by atoms with van der Waals surface area (Å²) >= 11 is 0. The molecule has 0 fully saturated rings. The lowest BCUT2D eigenvalue weighted by Gasteiger charge is -1.91. The molecule has 0 aromatic carbocycles. The Kier molecular flexibility index (Phi) is 2.11. The van der Waals surface area contributed by atoms with Crippen LogP contribution >= 0.6 is 0 Å². The second-order valence-corrected chi connectivity index (χ2v) is 1.83. The van der Waals surface area contributed by atoms with Gasteiger partial charge in [0.25, 0.3) is 0 Å². The van der Waals surface area contributed by atoms with Crippen LogP contribution in [0.15, 0.2) is 0 Å². The van der Waals surface area contributed by atoms with E-state index in [0.717, 1.165) is 0 Å². The topological polar surface area (TPSA) is 65.4 Å². The summed E-state index contributed by atoms with van der Waals surface area (Å²) in [5, 5.41) is 17.1. The fourth-order valence-electron chi connectivity index (χ4n) is 0.631. The minimum Gasteiger partial charge on any atom is -0.210 e. The molecule has 0 bridgehead atoms. The molecule has 6 heteroatoms. The van der Waals surface area contributed by atoms with Crippen molar-refractivity contribution in [2.75, 3.05) is 0 Å². The predicted molar refractivity (Wildman–Crippen MR) is 30.8 cm³/mol. The molecule has 0 aliphatic rings. The van der Waals surface area contributed by atoms with Crippen molar-refractivity contribution in [3.05, 3.63) is 11.4 Å². The van der Waals surface area contributed by atoms with Crippen LogP contribution in [0.25, 0.3) is 0 Å². The van der Waals surface area contributed by atoms with Crippen molar-refractivity contribution in [2.24, 2.45) is 0 Å². The molecule has 0 atom stereocenters. The number of nitrogens with one attached hydrogen (secondary N) is 1. The molecule has 0 saturated carbocycles. The van der Waals surface area contributed by atoms with Crippen molar-refractivity contribution in [3.63, 3.8) is 0 Å². The fourth-order valence-corrected chi connectivity index (χ4v) is 0.631. The van der Waals surface area contributed by atoms with Crippen molar-refractivity contribution < 1.29 is 8.78 Å². The number of H-pyrrole nitrogens is 1. The molecule has 0 spiro atoms. The molecule has 1 N–H and O–H groups in total. The van der Waals surface area contributed by atoms with E-state index >= 15 is 0 Å². The Morgan fingerprint density at radius 2 is 2.27 bits per heavy atom. The number of alkyl halides is 2. The van der Waals surface area contributed by atoms with Crippen molar-refractivity contribution in [2.45, 2.75) is 12.8 Å². The summed E-state index contributed by atoms with van der Waals surface area (Å²) in [5.41, 5.74) is -0.0483. The maximum atomic E-state index is 11.7. The Morgan fingerprint density at radius 3 is 2.82 bits per heavy atom. The molecule has 4 nitrogen and oxygen atoms in total. The second kappa shape index (κ2) is 3.05. The highest BCUT2D eigenvalue weighted by molar-refractivity contribution is 5.23. The van der Waals surface area contributed by atoms with Gasteiger partial charge in [-0.15, -0.1) is 5.10 Å². The Labute approximate surface area is 60.8 Å². The summed E-state index contributed by atoms with van der Waals surface area (Å²) in [6.45, 7) is 0. The van der Waals surface area contributed by atoms with Gasteiger partial charge in [-0.05, 0) is 0 Å². The second-order valence-electron chi connectivity index (χ2n) is 1.83. The molecule has 1 aromatic rings. The molecule has 1 aromatic heterocycles. The monoisotopic (exact) mass is 158 g/mol. The van der Waals surface area contributed by atoms with Gasteiger partial charge < -0.3 is 0 Å². The highest BCUT2D eigenvalue weighted by Crippen LogP contribution is 2.05. The van der Waals surface area contributed by atoms with Gasteiger partial charge in [0.1, 0.15) is 11.8 Å². The molecule has 58 valence electrons. The van der Waals surface area contributed by atoms with Crippen LogP contribution in [0.1, 0.15) is 11.4 Å². The maximum absolute atomic E-state index is 11.7. The van der Waals surface area contributed by atoms with Crippen molar-refractivity contribution in [1.29, 1.82) is 5.26 Å². The molecular formula is C5H4F2N4. The predicted octanol–water partition coefficient (Wildman–Crippen LogP) is 0.484. The van der Waals surface area contributed by atoms with Crippen molar-refractivity contribution in [1.82, 2.24) is 15.4 Å². The molecule has 11 heavy (non-hydrogen) atoms. The van der Waals surface area contributed by atoms with Crippen LogP contribution in [0.4, 0.5) is 8.78 Å². The Balaban J connectivity index is 2.79. The minimum atomic E-state index is -2.49. The van der Waals surface area contributed by atoms with Crippen LogP contribution in [0.5, 0.6) is 0 Å². The summed E-state index contributed by atoms with van der Waals surface area (Å²) < 4.78 is 23.4. The molecule has 0 aliphatic carbocycles. The van der Waals surface area contributed by atoms with E-state index in [1.807, 2.05) is 0 Å². The van der Waals surface area contributed by atoms with Crippen molar-refractivity contribution >= 4 is 0 Å². The summed E-state index contributed by atoms with van der Waals surface area (Å²) in [6.07, 6.45) is -3.02. The van der Waals surface area contributed by atoms with Gasteiger partial charge >= 0.3 is 0 Å². The number of hydrogen-bond acceptors (Lipinski definition) is 3. The number of nitrogens with zero attached hydrogens (tertiary/aromatic N) is 3. The summed E-state index contributed by atoms with van der Waals surface area (Å²) in [6, 6.07) is 1.64. The first kappa shape index (κ1) is 7.60. The third-order valence-electron chi connectivity index (χ3n) is 1.07. The molecule has 0 unspecified atom stereocenters. The standard InChI is InChI=1S/C5H4F2N4/c6-5(7)1-3-4(2-8)10-11-9-3/h5H,1H2,(H,9,10,11). The van der Waals surface area contributed by atoms with Gasteiger partial charge in [0.2, 0.25) is 6.43 Å². The van der Waals surface area contributed by atoms with Gasteiger partial charge in [-0.25, -0.2) is 8.78 Å². The van der Waals surface area contributed by atoms with E-state index in [4.69, 9.17) is 5.26 Å². The van der Waals surface area contributed by atoms with E-state index in [0.29, 0.717) is 0 Å². The van der Waals surface area contributed by atoms with Gasteiger partial charge in [0.15, 0.2) is 5.69 Å². The van der Waals surface area contributed by atoms with Crippen LogP contribution in [0, 0.1) is 11.3 Å². The highest BCUT2D eigenvalue weighted by atomic mass is 19.3. The molecular weight excluding hydrogens is 154 g/mol. The first-order valence-electron chi connectivity index (χ1n) is 2.82. The van der Waals surface area contributed by atoms with E-state index in [-0.39, 0.29) is 11.4 Å². The Morgan fingerprint density at radius 1 is 1.55 bits per heavy atom. The van der Waals surface area contributed by atoms with E-state index in [1.54, 1.807) is 6.07 Å². The number of halogens is 2. The lowest BCUT2D eigenvalue weighted by molar-refractivity contribution is 0.147. The minimum absolute atomic E-state index is 0.0162.